The SMILES string of the molecule is O=C1CCCN1C(=O)c1cc([N+](=O)[O-])cnc1Cl. The molecule has 2 heterocycles. The quantitative estimate of drug-likeness (QED) is 0.350. The molecule has 1 aliphatic rings. The van der Waals surface area contributed by atoms with E-state index in [9.17, 15) is 19.7 Å². The zero-order valence-corrected chi connectivity index (χ0v) is 9.88. The monoisotopic (exact) mass is 269 g/mol. The summed E-state index contributed by atoms with van der Waals surface area (Å²) < 4.78 is 0. The summed E-state index contributed by atoms with van der Waals surface area (Å²) in [6, 6.07) is 1.03. The smallest absolute Gasteiger partial charge is 0.278 e. The fraction of sp³-hybridized carbons (Fsp3) is 0.300. The van der Waals surface area contributed by atoms with Gasteiger partial charge in [0.2, 0.25) is 5.91 Å². The van der Waals surface area contributed by atoms with Gasteiger partial charge in [0.1, 0.15) is 11.3 Å². The molecule has 0 aliphatic carbocycles. The number of nitrogens with zero attached hydrogens (tertiary/aromatic N) is 3. The lowest BCUT2D eigenvalue weighted by molar-refractivity contribution is -0.385. The summed E-state index contributed by atoms with van der Waals surface area (Å²) in [5.41, 5.74) is -0.462. The van der Waals surface area contributed by atoms with Crippen LogP contribution in [0.2, 0.25) is 5.15 Å². The molecule has 0 unspecified atom stereocenters. The Balaban J connectivity index is 2.37. The van der Waals surface area contributed by atoms with Crippen molar-refractivity contribution in [2.24, 2.45) is 0 Å². The van der Waals surface area contributed by atoms with Gasteiger partial charge in [0.05, 0.1) is 10.5 Å². The number of imide groups is 1. The average Bonchev–Trinajstić information content (AvgIpc) is 2.75. The van der Waals surface area contributed by atoms with Gasteiger partial charge in [-0.3, -0.25) is 24.6 Å². The Hall–Kier alpha value is -2.02. The molecule has 7 nitrogen and oxygen atoms in total. The van der Waals surface area contributed by atoms with Gasteiger partial charge in [0.25, 0.3) is 11.6 Å². The van der Waals surface area contributed by atoms with Crippen molar-refractivity contribution in [3.05, 3.63) is 33.1 Å². The molecule has 1 aromatic heterocycles. The highest BCUT2D eigenvalue weighted by molar-refractivity contribution is 6.33. The Morgan fingerprint density at radius 1 is 1.56 bits per heavy atom. The van der Waals surface area contributed by atoms with Crippen molar-refractivity contribution in [2.75, 3.05) is 6.54 Å². The van der Waals surface area contributed by atoms with Crippen LogP contribution in [-0.2, 0) is 4.79 Å². The van der Waals surface area contributed by atoms with Gasteiger partial charge in [-0.25, -0.2) is 4.98 Å². The fourth-order valence-corrected chi connectivity index (χ4v) is 1.88. The zero-order valence-electron chi connectivity index (χ0n) is 9.13. The van der Waals surface area contributed by atoms with Gasteiger partial charge in [-0.15, -0.1) is 0 Å². The first kappa shape index (κ1) is 12.4. The minimum Gasteiger partial charge on any atom is -0.278 e. The predicted molar refractivity (Wildman–Crippen MR) is 61.2 cm³/mol. The third kappa shape index (κ3) is 2.17. The lowest BCUT2D eigenvalue weighted by Crippen LogP contribution is -2.32. The first-order valence-corrected chi connectivity index (χ1v) is 5.53. The van der Waals surface area contributed by atoms with E-state index in [0.29, 0.717) is 19.4 Å². The number of nitro groups is 1. The van der Waals surface area contributed by atoms with Gasteiger partial charge in [-0.05, 0) is 6.42 Å². The van der Waals surface area contributed by atoms with E-state index in [1.165, 1.54) is 0 Å². The molecule has 0 bridgehead atoms. The van der Waals surface area contributed by atoms with Crippen LogP contribution in [0, 0.1) is 10.1 Å². The lowest BCUT2D eigenvalue weighted by Gasteiger charge is -2.13. The molecule has 2 amide bonds. The Kier molecular flexibility index (Phi) is 3.24. The second kappa shape index (κ2) is 4.69. The number of hydrogen-bond acceptors (Lipinski definition) is 5. The summed E-state index contributed by atoms with van der Waals surface area (Å²) >= 11 is 5.73. The van der Waals surface area contributed by atoms with Crippen LogP contribution in [0.4, 0.5) is 5.69 Å². The molecule has 0 aromatic carbocycles. The van der Waals surface area contributed by atoms with Crippen LogP contribution in [0.15, 0.2) is 12.3 Å². The predicted octanol–water partition coefficient (Wildman–Crippen LogP) is 1.41. The minimum absolute atomic E-state index is 0.124. The number of amides is 2. The summed E-state index contributed by atoms with van der Waals surface area (Å²) in [5.74, 6) is -0.943. The number of aromatic nitrogens is 1. The van der Waals surface area contributed by atoms with E-state index in [1.54, 1.807) is 0 Å². The van der Waals surface area contributed by atoms with Crippen LogP contribution < -0.4 is 0 Å². The molecule has 2 rings (SSSR count). The Morgan fingerprint density at radius 2 is 2.28 bits per heavy atom. The van der Waals surface area contributed by atoms with E-state index in [2.05, 4.69) is 4.98 Å². The molecule has 0 radical (unpaired) electrons. The highest BCUT2D eigenvalue weighted by Gasteiger charge is 2.29. The third-order valence-electron chi connectivity index (χ3n) is 2.58. The van der Waals surface area contributed by atoms with Gasteiger partial charge in [-0.1, -0.05) is 11.6 Å². The lowest BCUT2D eigenvalue weighted by atomic mass is 10.2. The van der Waals surface area contributed by atoms with E-state index < -0.39 is 10.8 Å². The van der Waals surface area contributed by atoms with Gasteiger partial charge in [-0.2, -0.15) is 0 Å². The van der Waals surface area contributed by atoms with Gasteiger partial charge < -0.3 is 0 Å². The highest BCUT2D eigenvalue weighted by atomic mass is 35.5. The number of carbonyl (C=O) groups is 2. The third-order valence-corrected chi connectivity index (χ3v) is 2.89. The van der Waals surface area contributed by atoms with Crippen LogP contribution >= 0.6 is 11.6 Å². The molecule has 1 aromatic rings. The summed E-state index contributed by atoms with van der Waals surface area (Å²) in [6.45, 7) is 0.302. The van der Waals surface area contributed by atoms with Crippen molar-refractivity contribution in [1.29, 1.82) is 0 Å². The van der Waals surface area contributed by atoms with Crippen molar-refractivity contribution < 1.29 is 14.5 Å². The van der Waals surface area contributed by atoms with Gasteiger partial charge >= 0.3 is 0 Å². The first-order chi connectivity index (χ1) is 8.50. The summed E-state index contributed by atoms with van der Waals surface area (Å²) in [5, 5.41) is 10.5. The Bertz CT molecular complexity index is 546. The van der Waals surface area contributed by atoms with E-state index in [1.807, 2.05) is 0 Å². The molecule has 94 valence electrons. The van der Waals surface area contributed by atoms with E-state index in [-0.39, 0.29) is 22.3 Å². The number of likely N-dealkylation sites (tertiary alicyclic amines) is 1. The van der Waals surface area contributed by atoms with Crippen LogP contribution in [0.1, 0.15) is 23.2 Å². The van der Waals surface area contributed by atoms with Crippen molar-refractivity contribution in [2.45, 2.75) is 12.8 Å². The van der Waals surface area contributed by atoms with Crippen LogP contribution in [0.3, 0.4) is 0 Å². The van der Waals surface area contributed by atoms with E-state index in [0.717, 1.165) is 17.2 Å². The molecule has 0 spiro atoms. The zero-order chi connectivity index (χ0) is 13.3. The van der Waals surface area contributed by atoms with Crippen molar-refractivity contribution in [3.8, 4) is 0 Å². The summed E-state index contributed by atoms with van der Waals surface area (Å²) in [6.07, 6.45) is 1.85. The summed E-state index contributed by atoms with van der Waals surface area (Å²) in [4.78, 5) is 38.0. The molecule has 18 heavy (non-hydrogen) atoms. The molecule has 1 saturated heterocycles. The average molecular weight is 270 g/mol. The van der Waals surface area contributed by atoms with Gasteiger partial charge in [0.15, 0.2) is 0 Å². The second-order valence-corrected chi connectivity index (χ2v) is 4.10. The van der Waals surface area contributed by atoms with E-state index >= 15 is 0 Å². The molecular formula is C10H8ClN3O4. The second-order valence-electron chi connectivity index (χ2n) is 3.74. The van der Waals surface area contributed by atoms with Crippen LogP contribution in [0.5, 0.6) is 0 Å². The standard InChI is InChI=1S/C10H8ClN3O4/c11-9-7(4-6(5-12-9)14(17)18)10(16)13-3-1-2-8(13)15/h4-5H,1-3H2. The Labute approximate surface area is 107 Å². The number of hydrogen-bond donors (Lipinski definition) is 0. The largest absolute Gasteiger partial charge is 0.288 e. The topological polar surface area (TPSA) is 93.4 Å². The molecular weight excluding hydrogens is 262 g/mol. The van der Waals surface area contributed by atoms with Crippen molar-refractivity contribution >= 4 is 29.1 Å². The number of rotatable bonds is 2. The molecule has 8 heteroatoms. The number of carbonyl (C=O) groups excluding carboxylic acids is 2. The summed E-state index contributed by atoms with van der Waals surface area (Å²) in [7, 11) is 0. The highest BCUT2D eigenvalue weighted by Crippen LogP contribution is 2.22. The van der Waals surface area contributed by atoms with Crippen LogP contribution in [-0.4, -0.2) is 33.2 Å². The maximum Gasteiger partial charge on any atom is 0.288 e. The Morgan fingerprint density at radius 3 is 2.83 bits per heavy atom. The molecule has 1 aliphatic heterocycles. The maximum absolute atomic E-state index is 12.0. The van der Waals surface area contributed by atoms with Crippen molar-refractivity contribution in [1.82, 2.24) is 9.88 Å². The molecule has 1 fully saturated rings. The number of halogens is 1. The minimum atomic E-state index is -0.675. The molecule has 0 saturated carbocycles. The molecule has 0 atom stereocenters. The van der Waals surface area contributed by atoms with E-state index in [4.69, 9.17) is 11.6 Å². The number of pyridine rings is 1. The fourth-order valence-electron chi connectivity index (χ4n) is 1.70. The molecule has 0 N–H and O–H groups in total. The van der Waals surface area contributed by atoms with Crippen molar-refractivity contribution in [3.63, 3.8) is 0 Å². The maximum atomic E-state index is 12.0. The van der Waals surface area contributed by atoms with Gasteiger partial charge in [0, 0.05) is 19.0 Å². The van der Waals surface area contributed by atoms with Crippen LogP contribution in [0.25, 0.3) is 0 Å². The first-order valence-electron chi connectivity index (χ1n) is 5.15. The normalized spacial score (nSPS) is 14.9.